The predicted molar refractivity (Wildman–Crippen MR) is 67.8 cm³/mol. The summed E-state index contributed by atoms with van der Waals surface area (Å²) >= 11 is 7.95. The van der Waals surface area contributed by atoms with Crippen molar-refractivity contribution in [2.45, 2.75) is 30.2 Å². The molecule has 1 aliphatic heterocycles. The molecule has 0 spiro atoms. The van der Waals surface area contributed by atoms with E-state index in [1.807, 2.05) is 30.0 Å². The van der Waals surface area contributed by atoms with Gasteiger partial charge >= 0.3 is 0 Å². The molecule has 1 aliphatic rings. The first-order valence-electron chi connectivity index (χ1n) is 5.47. The summed E-state index contributed by atoms with van der Waals surface area (Å²) in [5.41, 5.74) is 0. The lowest BCUT2D eigenvalue weighted by molar-refractivity contribution is 0.592. The summed E-state index contributed by atoms with van der Waals surface area (Å²) in [6, 6.07) is 8.81. The number of hydrogen-bond acceptors (Lipinski definition) is 2. The van der Waals surface area contributed by atoms with Gasteiger partial charge in [-0.2, -0.15) is 0 Å². The molecule has 1 fully saturated rings. The standard InChI is InChI=1S/C12H16ClNS/c13-11-5-1-2-6-12(11)15-9-7-10-4-3-8-14-10/h1-2,5-6,10,14H,3-4,7-9H2. The summed E-state index contributed by atoms with van der Waals surface area (Å²) in [7, 11) is 0. The van der Waals surface area contributed by atoms with Crippen LogP contribution in [0.3, 0.4) is 0 Å². The minimum absolute atomic E-state index is 0.736. The number of hydrogen-bond donors (Lipinski definition) is 1. The van der Waals surface area contributed by atoms with Crippen LogP contribution in [0.5, 0.6) is 0 Å². The normalized spacial score (nSPS) is 20.7. The zero-order valence-electron chi connectivity index (χ0n) is 8.71. The number of halogens is 1. The van der Waals surface area contributed by atoms with E-state index in [9.17, 15) is 0 Å². The number of thioether (sulfide) groups is 1. The fourth-order valence-electron chi connectivity index (χ4n) is 1.88. The lowest BCUT2D eigenvalue weighted by atomic mass is 10.2. The van der Waals surface area contributed by atoms with E-state index in [0.717, 1.165) is 16.8 Å². The van der Waals surface area contributed by atoms with Gasteiger partial charge in [0, 0.05) is 10.9 Å². The van der Waals surface area contributed by atoms with Gasteiger partial charge in [-0.05, 0) is 43.7 Å². The van der Waals surface area contributed by atoms with Gasteiger partial charge in [0.1, 0.15) is 0 Å². The van der Waals surface area contributed by atoms with Crippen molar-refractivity contribution in [1.82, 2.24) is 5.32 Å². The topological polar surface area (TPSA) is 12.0 Å². The third-order valence-corrected chi connectivity index (χ3v) is 4.27. The second kappa shape index (κ2) is 5.78. The van der Waals surface area contributed by atoms with Crippen molar-refractivity contribution >= 4 is 23.4 Å². The molecule has 0 saturated carbocycles. The molecule has 1 nitrogen and oxygen atoms in total. The summed E-state index contributed by atoms with van der Waals surface area (Å²) in [6.45, 7) is 1.20. The molecule has 0 amide bonds. The average molecular weight is 242 g/mol. The average Bonchev–Trinajstić information content (AvgIpc) is 2.74. The molecule has 15 heavy (non-hydrogen) atoms. The molecular weight excluding hydrogens is 226 g/mol. The van der Waals surface area contributed by atoms with E-state index < -0.39 is 0 Å². The highest BCUT2D eigenvalue weighted by Crippen LogP contribution is 2.27. The van der Waals surface area contributed by atoms with Crippen LogP contribution in [0.1, 0.15) is 19.3 Å². The molecule has 1 N–H and O–H groups in total. The Bertz CT molecular complexity index is 310. The van der Waals surface area contributed by atoms with Gasteiger partial charge in [-0.3, -0.25) is 0 Å². The summed E-state index contributed by atoms with van der Waals surface area (Å²) in [5.74, 6) is 1.15. The first-order chi connectivity index (χ1) is 7.36. The van der Waals surface area contributed by atoms with E-state index >= 15 is 0 Å². The van der Waals surface area contributed by atoms with Gasteiger partial charge in [0.05, 0.1) is 5.02 Å². The molecule has 1 unspecified atom stereocenters. The summed E-state index contributed by atoms with van der Waals surface area (Å²) in [6.07, 6.45) is 3.92. The van der Waals surface area contributed by atoms with E-state index in [0.29, 0.717) is 0 Å². The molecule has 1 aromatic rings. The van der Waals surface area contributed by atoms with Crippen LogP contribution < -0.4 is 5.32 Å². The first kappa shape index (κ1) is 11.3. The van der Waals surface area contributed by atoms with Crippen molar-refractivity contribution in [1.29, 1.82) is 0 Å². The zero-order chi connectivity index (χ0) is 10.5. The van der Waals surface area contributed by atoms with Crippen LogP contribution in [0.25, 0.3) is 0 Å². The van der Waals surface area contributed by atoms with Gasteiger partial charge in [0.15, 0.2) is 0 Å². The van der Waals surface area contributed by atoms with Gasteiger partial charge in [-0.15, -0.1) is 11.8 Å². The smallest absolute Gasteiger partial charge is 0.0541 e. The third kappa shape index (κ3) is 3.40. The van der Waals surface area contributed by atoms with E-state index in [4.69, 9.17) is 11.6 Å². The Morgan fingerprint density at radius 2 is 2.27 bits per heavy atom. The van der Waals surface area contributed by atoms with Crippen molar-refractivity contribution in [2.75, 3.05) is 12.3 Å². The number of nitrogens with one attached hydrogen (secondary N) is 1. The number of rotatable bonds is 4. The second-order valence-electron chi connectivity index (χ2n) is 3.86. The Kier molecular flexibility index (Phi) is 4.36. The molecule has 82 valence electrons. The van der Waals surface area contributed by atoms with Gasteiger partial charge in [0.2, 0.25) is 0 Å². The highest BCUT2D eigenvalue weighted by molar-refractivity contribution is 7.99. The summed E-state index contributed by atoms with van der Waals surface area (Å²) in [4.78, 5) is 1.21. The maximum Gasteiger partial charge on any atom is 0.0541 e. The van der Waals surface area contributed by atoms with E-state index in [1.165, 1.54) is 30.7 Å². The van der Waals surface area contributed by atoms with Crippen molar-refractivity contribution in [3.05, 3.63) is 29.3 Å². The van der Waals surface area contributed by atoms with Crippen LogP contribution in [0.2, 0.25) is 5.02 Å². The van der Waals surface area contributed by atoms with Gasteiger partial charge in [-0.1, -0.05) is 23.7 Å². The molecule has 0 aromatic heterocycles. The van der Waals surface area contributed by atoms with Gasteiger partial charge in [-0.25, -0.2) is 0 Å². The Morgan fingerprint density at radius 3 is 3.00 bits per heavy atom. The highest BCUT2D eigenvalue weighted by atomic mass is 35.5. The Hall–Kier alpha value is -0.180. The Balaban J connectivity index is 1.75. The van der Waals surface area contributed by atoms with Gasteiger partial charge in [0.25, 0.3) is 0 Å². The molecule has 1 saturated heterocycles. The van der Waals surface area contributed by atoms with Crippen LogP contribution in [-0.4, -0.2) is 18.3 Å². The Labute approximate surface area is 101 Å². The third-order valence-electron chi connectivity index (χ3n) is 2.72. The molecule has 1 atom stereocenters. The van der Waals surface area contributed by atoms with Crippen molar-refractivity contribution in [3.8, 4) is 0 Å². The monoisotopic (exact) mass is 241 g/mol. The molecule has 2 rings (SSSR count). The van der Waals surface area contributed by atoms with E-state index in [2.05, 4.69) is 11.4 Å². The van der Waals surface area contributed by atoms with Crippen molar-refractivity contribution < 1.29 is 0 Å². The first-order valence-corrected chi connectivity index (χ1v) is 6.83. The zero-order valence-corrected chi connectivity index (χ0v) is 10.3. The van der Waals surface area contributed by atoms with E-state index in [-0.39, 0.29) is 0 Å². The minimum atomic E-state index is 0.736. The molecule has 0 bridgehead atoms. The molecule has 1 heterocycles. The molecule has 0 radical (unpaired) electrons. The summed E-state index contributed by atoms with van der Waals surface area (Å²) in [5, 5.41) is 4.39. The Morgan fingerprint density at radius 1 is 1.40 bits per heavy atom. The predicted octanol–water partition coefficient (Wildman–Crippen LogP) is 3.57. The lowest BCUT2D eigenvalue weighted by Gasteiger charge is -2.09. The molecule has 0 aliphatic carbocycles. The second-order valence-corrected chi connectivity index (χ2v) is 5.40. The quantitative estimate of drug-likeness (QED) is 0.809. The summed E-state index contributed by atoms with van der Waals surface area (Å²) < 4.78 is 0. The van der Waals surface area contributed by atoms with Crippen LogP contribution in [0, 0.1) is 0 Å². The lowest BCUT2D eigenvalue weighted by Crippen LogP contribution is -2.21. The van der Waals surface area contributed by atoms with Gasteiger partial charge < -0.3 is 5.32 Å². The van der Waals surface area contributed by atoms with Crippen LogP contribution in [0.15, 0.2) is 29.2 Å². The van der Waals surface area contributed by atoms with E-state index in [1.54, 1.807) is 0 Å². The van der Waals surface area contributed by atoms with Crippen molar-refractivity contribution in [2.24, 2.45) is 0 Å². The van der Waals surface area contributed by atoms with Crippen LogP contribution >= 0.6 is 23.4 Å². The molecular formula is C12H16ClNS. The maximum absolute atomic E-state index is 6.08. The number of benzene rings is 1. The van der Waals surface area contributed by atoms with Crippen LogP contribution in [0.4, 0.5) is 0 Å². The SMILES string of the molecule is Clc1ccccc1SCCC1CCCN1. The van der Waals surface area contributed by atoms with Crippen LogP contribution in [-0.2, 0) is 0 Å². The largest absolute Gasteiger partial charge is 0.314 e. The fraction of sp³-hybridized carbons (Fsp3) is 0.500. The minimum Gasteiger partial charge on any atom is -0.314 e. The maximum atomic E-state index is 6.08. The highest BCUT2D eigenvalue weighted by Gasteiger charge is 2.13. The molecule has 1 aromatic carbocycles. The van der Waals surface area contributed by atoms with Crippen molar-refractivity contribution in [3.63, 3.8) is 0 Å². The fourth-order valence-corrected chi connectivity index (χ4v) is 3.18. The molecule has 3 heteroatoms.